The van der Waals surface area contributed by atoms with Gasteiger partial charge in [-0.25, -0.2) is 9.59 Å². The number of hydrogen-bond acceptors (Lipinski definition) is 14. The summed E-state index contributed by atoms with van der Waals surface area (Å²) in [5.41, 5.74) is 4.35. The number of nitrogens with one attached hydrogen (secondary N) is 1. The maximum absolute atomic E-state index is 15.3. The SMILES string of the molecule is C=CCOC12Oc3ccc(OC(=O)NCc4ccccc4)cc3C3C(CCCCO)C(CCCCO)C=C(C(=NOCc4ccccc4)CC1N(Cc1ccc4c(c1)OCO4)C(=O)Oc1ccc([N+](=O)[O-])cc1)C32. The zero-order valence-corrected chi connectivity index (χ0v) is 40.9. The minimum atomic E-state index is -1.69. The molecule has 0 spiro atoms. The summed E-state index contributed by atoms with van der Waals surface area (Å²) in [4.78, 5) is 47.6. The molecule has 6 unspecified atom stereocenters. The van der Waals surface area contributed by atoms with E-state index in [0.29, 0.717) is 60.6 Å². The van der Waals surface area contributed by atoms with Gasteiger partial charge in [0.1, 0.15) is 29.9 Å². The number of unbranched alkanes of at least 4 members (excludes halogenated alkanes) is 2. The van der Waals surface area contributed by atoms with Gasteiger partial charge in [0.15, 0.2) is 11.5 Å². The number of carbonyl (C=O) groups is 2. The fraction of sp³-hybridized carbons (Fsp3) is 0.351. The highest BCUT2D eigenvalue weighted by Gasteiger charge is 2.66. The van der Waals surface area contributed by atoms with Crippen LogP contribution in [0.2, 0.25) is 0 Å². The number of non-ortho nitro benzene ring substituents is 1. The van der Waals surface area contributed by atoms with Crippen molar-refractivity contribution in [3.63, 3.8) is 0 Å². The molecule has 2 aliphatic carbocycles. The van der Waals surface area contributed by atoms with E-state index in [9.17, 15) is 25.1 Å². The third kappa shape index (κ3) is 11.5. The van der Waals surface area contributed by atoms with Gasteiger partial charge in [0, 0.05) is 56.3 Å². The molecule has 0 aromatic heterocycles. The number of nitrogens with zero attached hydrogens (tertiary/aromatic N) is 3. The monoisotopic (exact) mass is 1010 g/mol. The van der Waals surface area contributed by atoms with E-state index in [1.165, 1.54) is 29.2 Å². The molecule has 2 aliphatic heterocycles. The Balaban J connectivity index is 1.21. The van der Waals surface area contributed by atoms with Crippen molar-refractivity contribution in [2.24, 2.45) is 22.9 Å². The molecular weight excluding hydrogens is 949 g/mol. The van der Waals surface area contributed by atoms with Gasteiger partial charge in [-0.2, -0.15) is 0 Å². The summed E-state index contributed by atoms with van der Waals surface area (Å²) in [5, 5.41) is 39.6. The van der Waals surface area contributed by atoms with Crippen molar-refractivity contribution in [1.82, 2.24) is 10.2 Å². The maximum atomic E-state index is 15.3. The van der Waals surface area contributed by atoms with Gasteiger partial charge in [0.05, 0.1) is 23.2 Å². The predicted octanol–water partition coefficient (Wildman–Crippen LogP) is 10.1. The number of hydrogen-bond donors (Lipinski definition) is 3. The molecule has 4 aliphatic rings. The lowest BCUT2D eigenvalue weighted by Crippen LogP contribution is -2.70. The van der Waals surface area contributed by atoms with Crippen molar-refractivity contribution >= 4 is 23.6 Å². The second-order valence-electron chi connectivity index (χ2n) is 18.7. The van der Waals surface area contributed by atoms with Gasteiger partial charge in [-0.05, 0) is 102 Å². The van der Waals surface area contributed by atoms with Gasteiger partial charge in [-0.3, -0.25) is 15.0 Å². The lowest BCUT2D eigenvalue weighted by molar-refractivity contribution is -0.384. The van der Waals surface area contributed by atoms with Crippen molar-refractivity contribution in [2.75, 3.05) is 26.6 Å². The topological polar surface area (TPSA) is 210 Å². The number of nitro benzene ring substituents is 1. The normalized spacial score (nSPS) is 21.5. The number of carbonyl (C=O) groups excluding carboxylic acids is 2. The van der Waals surface area contributed by atoms with Crippen LogP contribution in [0.4, 0.5) is 15.3 Å². The van der Waals surface area contributed by atoms with Crippen LogP contribution in [0, 0.1) is 27.9 Å². The number of ether oxygens (including phenoxy) is 6. The van der Waals surface area contributed by atoms with E-state index in [1.54, 1.807) is 30.3 Å². The Bertz CT molecular complexity index is 2830. The van der Waals surface area contributed by atoms with E-state index in [-0.39, 0.29) is 81.8 Å². The van der Waals surface area contributed by atoms with Crippen molar-refractivity contribution in [2.45, 2.75) is 82.4 Å². The van der Waals surface area contributed by atoms with Crippen molar-refractivity contribution < 1.29 is 58.0 Å². The minimum absolute atomic E-state index is 0.00255. The molecule has 5 aromatic carbocycles. The first-order valence-corrected chi connectivity index (χ1v) is 25.0. The summed E-state index contributed by atoms with van der Waals surface area (Å²) in [6.45, 7) is 4.43. The molecule has 0 bridgehead atoms. The Hall–Kier alpha value is -7.73. The van der Waals surface area contributed by atoms with E-state index in [4.69, 9.17) is 38.4 Å². The Morgan fingerprint density at radius 1 is 0.824 bits per heavy atom. The third-order valence-electron chi connectivity index (χ3n) is 14.0. The van der Waals surface area contributed by atoms with E-state index in [0.717, 1.165) is 28.7 Å². The smallest absolute Gasteiger partial charge is 0.416 e. The third-order valence-corrected chi connectivity index (χ3v) is 14.0. The van der Waals surface area contributed by atoms with E-state index in [1.807, 2.05) is 72.8 Å². The number of amides is 2. The molecular formula is C57H60N4O13. The molecule has 9 rings (SSSR count). The molecule has 2 heterocycles. The molecule has 17 nitrogen and oxygen atoms in total. The number of rotatable bonds is 22. The van der Waals surface area contributed by atoms with E-state index >= 15 is 4.79 Å². The molecule has 5 aromatic rings. The molecule has 3 N–H and O–H groups in total. The Morgan fingerprint density at radius 2 is 1.53 bits per heavy atom. The first kappa shape index (κ1) is 51.2. The summed E-state index contributed by atoms with van der Waals surface area (Å²) in [6, 6.07) is 34.0. The van der Waals surface area contributed by atoms with Crippen molar-refractivity contribution in [1.29, 1.82) is 0 Å². The first-order valence-electron chi connectivity index (χ1n) is 25.0. The van der Waals surface area contributed by atoms with Gasteiger partial charge < -0.3 is 48.8 Å². The quantitative estimate of drug-likeness (QED) is 0.0255. The number of benzene rings is 5. The van der Waals surface area contributed by atoms with Crippen LogP contribution in [-0.4, -0.2) is 76.4 Å². The van der Waals surface area contributed by atoms with Gasteiger partial charge in [-0.1, -0.05) is 96.9 Å². The van der Waals surface area contributed by atoms with E-state index < -0.39 is 40.8 Å². The summed E-state index contributed by atoms with van der Waals surface area (Å²) in [6.07, 6.45) is 6.37. The fourth-order valence-corrected chi connectivity index (χ4v) is 10.7. The van der Waals surface area contributed by atoms with Crippen LogP contribution in [0.1, 0.15) is 73.1 Å². The summed E-state index contributed by atoms with van der Waals surface area (Å²) < 4.78 is 38.1. The zero-order chi connectivity index (χ0) is 51.4. The molecule has 0 saturated heterocycles. The second-order valence-corrected chi connectivity index (χ2v) is 18.7. The van der Waals surface area contributed by atoms with Gasteiger partial charge in [0.2, 0.25) is 12.6 Å². The average Bonchev–Trinajstić information content (AvgIpc) is 3.92. The highest BCUT2D eigenvalue weighted by Crippen LogP contribution is 2.62. The fourth-order valence-electron chi connectivity index (χ4n) is 10.7. The second kappa shape index (κ2) is 23.9. The average molecular weight is 1010 g/mol. The molecule has 74 heavy (non-hydrogen) atoms. The molecule has 0 radical (unpaired) electrons. The predicted molar refractivity (Wildman–Crippen MR) is 273 cm³/mol. The number of aliphatic hydroxyl groups excluding tert-OH is 2. The summed E-state index contributed by atoms with van der Waals surface area (Å²) in [7, 11) is 0. The van der Waals surface area contributed by atoms with Crippen LogP contribution in [0.5, 0.6) is 28.7 Å². The van der Waals surface area contributed by atoms with Crippen LogP contribution >= 0.6 is 0 Å². The van der Waals surface area contributed by atoms with Gasteiger partial charge >= 0.3 is 12.2 Å². The Kier molecular flexibility index (Phi) is 16.5. The van der Waals surface area contributed by atoms with Crippen LogP contribution in [0.15, 0.2) is 151 Å². The minimum Gasteiger partial charge on any atom is -0.459 e. The van der Waals surface area contributed by atoms with Crippen LogP contribution in [-0.2, 0) is 29.3 Å². The lowest BCUT2D eigenvalue weighted by atomic mass is 9.55. The van der Waals surface area contributed by atoms with E-state index in [2.05, 4.69) is 18.0 Å². The number of nitro groups is 1. The molecule has 6 atom stereocenters. The summed E-state index contributed by atoms with van der Waals surface area (Å²) >= 11 is 0. The number of oxime groups is 1. The van der Waals surface area contributed by atoms with Crippen molar-refractivity contribution in [3.05, 3.63) is 178 Å². The number of allylic oxidation sites excluding steroid dienone is 1. The highest BCUT2D eigenvalue weighted by molar-refractivity contribution is 6.03. The Labute approximate surface area is 429 Å². The maximum Gasteiger partial charge on any atom is 0.416 e. The standard InChI is InChI=1S/C57H60N4O13/c1-2-29-70-57-52(60(35-40-19-25-50-51(30-40)69-37-68-50)56(65)73-43-22-20-42(21-23-43)61(66)67)33-48(59-71-36-39-15-7-4-8-16-39)46-31-41(17-9-11-27-62)45(18-10-12-28-63)53(54(46)57)47-32-44(24-26-49(47)74-57)72-55(64)58-34-38-13-5-3-6-14-38/h2-8,13-16,19-26,30-32,41,45,52-54,62-63H,1,9-12,17-18,27-29,33-37H2,(H,58,64). The van der Waals surface area contributed by atoms with Crippen LogP contribution in [0.3, 0.4) is 0 Å². The Morgan fingerprint density at radius 3 is 2.26 bits per heavy atom. The first-order chi connectivity index (χ1) is 36.2. The molecule has 386 valence electrons. The van der Waals surface area contributed by atoms with Crippen LogP contribution < -0.4 is 29.0 Å². The summed E-state index contributed by atoms with van der Waals surface area (Å²) in [5.74, 6) is -1.24. The van der Waals surface area contributed by atoms with Crippen LogP contribution in [0.25, 0.3) is 0 Å². The van der Waals surface area contributed by atoms with Gasteiger partial charge in [-0.15, -0.1) is 6.58 Å². The van der Waals surface area contributed by atoms with Crippen molar-refractivity contribution in [3.8, 4) is 28.7 Å². The van der Waals surface area contributed by atoms with Gasteiger partial charge in [0.25, 0.3) is 5.69 Å². The molecule has 1 saturated carbocycles. The lowest BCUT2D eigenvalue weighted by Gasteiger charge is -2.59. The molecule has 1 fully saturated rings. The molecule has 2 amide bonds. The number of fused-ring (bicyclic) bond motifs is 3. The largest absolute Gasteiger partial charge is 0.459 e. The number of aliphatic hydroxyl groups is 2. The zero-order valence-electron chi connectivity index (χ0n) is 40.9. The highest BCUT2D eigenvalue weighted by atomic mass is 16.7. The molecule has 17 heteroatoms.